The number of amides is 1. The summed E-state index contributed by atoms with van der Waals surface area (Å²) in [6.07, 6.45) is 3.34. The zero-order valence-corrected chi connectivity index (χ0v) is 12.4. The molecule has 0 bridgehead atoms. The van der Waals surface area contributed by atoms with Crippen LogP contribution in [0, 0.1) is 10.5 Å². The summed E-state index contributed by atoms with van der Waals surface area (Å²) in [6.45, 7) is 2.14. The molecule has 0 aliphatic rings. The maximum absolute atomic E-state index is 11.9. The number of halogens is 1. The standard InChI is InChI=1S/C13H12IN3O2/c1-8-11(14)5-10(13(19)17-8)12(18)16-7-9-3-2-4-15-6-9/h2-6H,7H2,1H3,(H,16,18)(H,17,19). The van der Waals surface area contributed by atoms with Gasteiger partial charge in [0, 0.05) is 28.2 Å². The van der Waals surface area contributed by atoms with E-state index in [0.717, 1.165) is 14.8 Å². The summed E-state index contributed by atoms with van der Waals surface area (Å²) in [4.78, 5) is 30.3. The van der Waals surface area contributed by atoms with Crippen LogP contribution in [0.15, 0.2) is 35.4 Å². The van der Waals surface area contributed by atoms with Gasteiger partial charge in [0.05, 0.1) is 0 Å². The van der Waals surface area contributed by atoms with Crippen molar-refractivity contribution >= 4 is 28.5 Å². The van der Waals surface area contributed by atoms with Crippen molar-refractivity contribution in [2.45, 2.75) is 13.5 Å². The first kappa shape index (κ1) is 13.7. The molecule has 5 nitrogen and oxygen atoms in total. The average molecular weight is 369 g/mol. The zero-order chi connectivity index (χ0) is 13.8. The first-order valence-corrected chi connectivity index (χ1v) is 6.72. The smallest absolute Gasteiger partial charge is 0.261 e. The lowest BCUT2D eigenvalue weighted by atomic mass is 10.2. The Hall–Kier alpha value is -1.70. The number of carbonyl (C=O) groups is 1. The molecule has 0 unspecified atom stereocenters. The van der Waals surface area contributed by atoms with Crippen molar-refractivity contribution in [1.82, 2.24) is 15.3 Å². The van der Waals surface area contributed by atoms with Crippen molar-refractivity contribution in [2.24, 2.45) is 0 Å². The number of nitrogens with zero attached hydrogens (tertiary/aromatic N) is 1. The fraction of sp³-hybridized carbons (Fsp3) is 0.154. The van der Waals surface area contributed by atoms with Gasteiger partial charge < -0.3 is 10.3 Å². The maximum atomic E-state index is 11.9. The molecule has 1 amide bonds. The molecule has 6 heteroatoms. The van der Waals surface area contributed by atoms with E-state index < -0.39 is 0 Å². The Labute approximate surface area is 123 Å². The van der Waals surface area contributed by atoms with E-state index in [2.05, 4.69) is 37.9 Å². The number of aromatic amines is 1. The molecule has 19 heavy (non-hydrogen) atoms. The zero-order valence-electron chi connectivity index (χ0n) is 10.2. The number of aryl methyl sites for hydroxylation is 1. The molecule has 2 aromatic heterocycles. The number of hydrogen-bond donors (Lipinski definition) is 2. The lowest BCUT2D eigenvalue weighted by Crippen LogP contribution is -2.29. The van der Waals surface area contributed by atoms with Crippen molar-refractivity contribution < 1.29 is 4.79 Å². The second kappa shape index (κ2) is 5.96. The predicted octanol–water partition coefficient (Wildman–Crippen LogP) is 1.61. The van der Waals surface area contributed by atoms with E-state index in [9.17, 15) is 9.59 Å². The molecule has 0 aliphatic heterocycles. The van der Waals surface area contributed by atoms with Crippen LogP contribution < -0.4 is 10.9 Å². The van der Waals surface area contributed by atoms with Gasteiger partial charge in [-0.05, 0) is 47.2 Å². The van der Waals surface area contributed by atoms with Crippen LogP contribution in [-0.2, 0) is 6.54 Å². The number of aromatic nitrogens is 2. The lowest BCUT2D eigenvalue weighted by molar-refractivity contribution is 0.0949. The first-order valence-electron chi connectivity index (χ1n) is 5.64. The summed E-state index contributed by atoms with van der Waals surface area (Å²) >= 11 is 2.08. The highest BCUT2D eigenvalue weighted by Gasteiger charge is 2.12. The number of pyridine rings is 2. The molecule has 2 aromatic rings. The minimum atomic E-state index is -0.386. The van der Waals surface area contributed by atoms with Crippen LogP contribution in [0.4, 0.5) is 0 Å². The molecule has 98 valence electrons. The Morgan fingerprint density at radius 2 is 2.32 bits per heavy atom. The van der Waals surface area contributed by atoms with Gasteiger partial charge in [-0.1, -0.05) is 6.07 Å². The summed E-state index contributed by atoms with van der Waals surface area (Å²) in [7, 11) is 0. The minimum absolute atomic E-state index is 0.124. The van der Waals surface area contributed by atoms with Crippen LogP contribution in [0.25, 0.3) is 0 Å². The summed E-state index contributed by atoms with van der Waals surface area (Å²) in [5.74, 6) is -0.386. The quantitative estimate of drug-likeness (QED) is 0.808. The van der Waals surface area contributed by atoms with Crippen LogP contribution >= 0.6 is 22.6 Å². The van der Waals surface area contributed by atoms with Gasteiger partial charge in [-0.3, -0.25) is 14.6 Å². The molecule has 0 saturated heterocycles. The van der Waals surface area contributed by atoms with Gasteiger partial charge >= 0.3 is 0 Å². The van der Waals surface area contributed by atoms with Crippen molar-refractivity contribution in [1.29, 1.82) is 0 Å². The highest BCUT2D eigenvalue weighted by atomic mass is 127. The molecule has 2 heterocycles. The van der Waals surface area contributed by atoms with Crippen molar-refractivity contribution in [3.63, 3.8) is 0 Å². The molecule has 0 saturated carbocycles. The molecule has 0 spiro atoms. The van der Waals surface area contributed by atoms with Gasteiger partial charge in [0.25, 0.3) is 11.5 Å². The molecule has 0 aromatic carbocycles. The van der Waals surface area contributed by atoms with Crippen molar-refractivity contribution in [3.05, 3.63) is 61.3 Å². The molecule has 0 atom stereocenters. The van der Waals surface area contributed by atoms with Crippen LogP contribution in [-0.4, -0.2) is 15.9 Å². The van der Waals surface area contributed by atoms with E-state index in [4.69, 9.17) is 0 Å². The molecule has 2 rings (SSSR count). The summed E-state index contributed by atoms with van der Waals surface area (Å²) in [5.41, 5.74) is 1.39. The SMILES string of the molecule is Cc1[nH]c(=O)c(C(=O)NCc2cccnc2)cc1I. The molecular weight excluding hydrogens is 357 g/mol. The topological polar surface area (TPSA) is 74.8 Å². The predicted molar refractivity (Wildman–Crippen MR) is 79.9 cm³/mol. The Bertz CT molecular complexity index is 653. The Balaban J connectivity index is 2.13. The fourth-order valence-corrected chi connectivity index (χ4v) is 1.99. The number of rotatable bonds is 3. The molecule has 0 fully saturated rings. The summed E-state index contributed by atoms with van der Waals surface area (Å²) in [5, 5.41) is 2.70. The fourth-order valence-electron chi connectivity index (χ4n) is 1.55. The third-order valence-corrected chi connectivity index (χ3v) is 3.72. The van der Waals surface area contributed by atoms with Gasteiger partial charge in [0.2, 0.25) is 0 Å². The van der Waals surface area contributed by atoms with Crippen molar-refractivity contribution in [3.8, 4) is 0 Å². The first-order chi connectivity index (χ1) is 9.08. The average Bonchev–Trinajstić information content (AvgIpc) is 2.41. The Morgan fingerprint density at radius 3 is 3.00 bits per heavy atom. The third kappa shape index (κ3) is 3.40. The number of hydrogen-bond acceptors (Lipinski definition) is 3. The molecule has 0 radical (unpaired) electrons. The van der Waals surface area contributed by atoms with Crippen LogP contribution in [0.2, 0.25) is 0 Å². The van der Waals surface area contributed by atoms with Gasteiger partial charge in [0.1, 0.15) is 5.56 Å². The second-order valence-electron chi connectivity index (χ2n) is 4.03. The highest BCUT2D eigenvalue weighted by molar-refractivity contribution is 14.1. The van der Waals surface area contributed by atoms with E-state index in [0.29, 0.717) is 6.54 Å². The molecular formula is C13H12IN3O2. The molecule has 0 aliphatic carbocycles. The Morgan fingerprint density at radius 1 is 1.53 bits per heavy atom. The maximum Gasteiger partial charge on any atom is 0.261 e. The van der Waals surface area contributed by atoms with Gasteiger partial charge in [-0.2, -0.15) is 0 Å². The normalized spacial score (nSPS) is 10.2. The number of carbonyl (C=O) groups excluding carboxylic acids is 1. The van der Waals surface area contributed by atoms with E-state index in [1.54, 1.807) is 31.5 Å². The highest BCUT2D eigenvalue weighted by Crippen LogP contribution is 2.08. The minimum Gasteiger partial charge on any atom is -0.348 e. The van der Waals surface area contributed by atoms with E-state index in [1.165, 1.54) is 0 Å². The van der Waals surface area contributed by atoms with Gasteiger partial charge in [0.15, 0.2) is 0 Å². The van der Waals surface area contributed by atoms with Crippen LogP contribution in [0.5, 0.6) is 0 Å². The second-order valence-corrected chi connectivity index (χ2v) is 5.19. The largest absolute Gasteiger partial charge is 0.348 e. The third-order valence-electron chi connectivity index (χ3n) is 2.60. The van der Waals surface area contributed by atoms with Gasteiger partial charge in [-0.15, -0.1) is 0 Å². The Kier molecular flexibility index (Phi) is 4.31. The monoisotopic (exact) mass is 369 g/mol. The summed E-state index contributed by atoms with van der Waals surface area (Å²) < 4.78 is 0.851. The van der Waals surface area contributed by atoms with Crippen LogP contribution in [0.3, 0.4) is 0 Å². The van der Waals surface area contributed by atoms with Crippen molar-refractivity contribution in [2.75, 3.05) is 0 Å². The number of H-pyrrole nitrogens is 1. The molecule has 2 N–H and O–H groups in total. The van der Waals surface area contributed by atoms with E-state index in [-0.39, 0.29) is 17.0 Å². The summed E-state index contributed by atoms with van der Waals surface area (Å²) in [6, 6.07) is 5.24. The van der Waals surface area contributed by atoms with Crippen LogP contribution in [0.1, 0.15) is 21.6 Å². The van der Waals surface area contributed by atoms with Gasteiger partial charge in [-0.25, -0.2) is 0 Å². The lowest BCUT2D eigenvalue weighted by Gasteiger charge is -2.06. The van der Waals surface area contributed by atoms with E-state index in [1.807, 2.05) is 6.07 Å². The van der Waals surface area contributed by atoms with E-state index >= 15 is 0 Å². The number of nitrogens with one attached hydrogen (secondary N) is 2.